The second kappa shape index (κ2) is 5.07. The molecule has 1 aromatic carbocycles. The number of rotatable bonds is 3. The normalized spacial score (nSPS) is 10.1. The molecule has 82 valence electrons. The Morgan fingerprint density at radius 1 is 1.47 bits per heavy atom. The van der Waals surface area contributed by atoms with E-state index in [0.29, 0.717) is 5.56 Å². The molecule has 1 aromatic rings. The van der Waals surface area contributed by atoms with Crippen molar-refractivity contribution in [3.05, 3.63) is 34.9 Å². The van der Waals surface area contributed by atoms with Crippen LogP contribution in [-0.2, 0) is 21.8 Å². The van der Waals surface area contributed by atoms with E-state index in [0.717, 1.165) is 6.07 Å². The predicted octanol–water partition coefficient (Wildman–Crippen LogP) is 2.42. The van der Waals surface area contributed by atoms with Crippen molar-refractivity contribution in [1.82, 2.24) is 0 Å². The summed E-state index contributed by atoms with van der Waals surface area (Å²) in [4.78, 5) is 10.9. The van der Waals surface area contributed by atoms with Crippen molar-refractivity contribution in [3.8, 4) is 0 Å². The molecule has 0 unspecified atom stereocenters. The van der Waals surface area contributed by atoms with Gasteiger partial charge in [0.05, 0.1) is 13.5 Å². The lowest BCUT2D eigenvalue weighted by Crippen LogP contribution is -2.07. The molecular formula is C10H9ClF2O2. The smallest absolute Gasteiger partial charge is 0.310 e. The van der Waals surface area contributed by atoms with Crippen LogP contribution in [0.15, 0.2) is 12.1 Å². The Morgan fingerprint density at radius 2 is 2.13 bits per heavy atom. The predicted molar refractivity (Wildman–Crippen MR) is 51.6 cm³/mol. The zero-order chi connectivity index (χ0) is 11.4. The highest BCUT2D eigenvalue weighted by atomic mass is 35.5. The summed E-state index contributed by atoms with van der Waals surface area (Å²) >= 11 is 5.49. The first kappa shape index (κ1) is 11.9. The first-order valence-electron chi connectivity index (χ1n) is 4.18. The van der Waals surface area contributed by atoms with Crippen molar-refractivity contribution in [1.29, 1.82) is 0 Å². The van der Waals surface area contributed by atoms with Gasteiger partial charge in [0.1, 0.15) is 0 Å². The molecule has 0 saturated heterocycles. The van der Waals surface area contributed by atoms with E-state index in [1.165, 1.54) is 13.2 Å². The molecule has 0 amide bonds. The number of esters is 1. The zero-order valence-electron chi connectivity index (χ0n) is 8.02. The highest BCUT2D eigenvalue weighted by Crippen LogP contribution is 2.17. The van der Waals surface area contributed by atoms with Crippen LogP contribution in [0.1, 0.15) is 11.1 Å². The summed E-state index contributed by atoms with van der Waals surface area (Å²) < 4.78 is 30.5. The van der Waals surface area contributed by atoms with Crippen LogP contribution in [0.2, 0.25) is 0 Å². The molecular weight excluding hydrogens is 226 g/mol. The van der Waals surface area contributed by atoms with Gasteiger partial charge in [0, 0.05) is 11.4 Å². The number of hydrogen-bond donors (Lipinski definition) is 0. The SMILES string of the molecule is COC(=O)Cc1cc(CCl)cc(F)c1F. The van der Waals surface area contributed by atoms with E-state index < -0.39 is 17.6 Å². The minimum Gasteiger partial charge on any atom is -0.469 e. The second-order valence-corrected chi connectivity index (χ2v) is 3.20. The van der Waals surface area contributed by atoms with Crippen molar-refractivity contribution in [3.63, 3.8) is 0 Å². The van der Waals surface area contributed by atoms with Gasteiger partial charge >= 0.3 is 5.97 Å². The molecule has 0 aromatic heterocycles. The van der Waals surface area contributed by atoms with Crippen LogP contribution in [-0.4, -0.2) is 13.1 Å². The maximum atomic E-state index is 13.2. The van der Waals surface area contributed by atoms with Gasteiger partial charge < -0.3 is 4.74 Å². The molecule has 0 aliphatic carbocycles. The van der Waals surface area contributed by atoms with Gasteiger partial charge in [0.25, 0.3) is 0 Å². The van der Waals surface area contributed by atoms with E-state index in [9.17, 15) is 13.6 Å². The van der Waals surface area contributed by atoms with Gasteiger partial charge in [-0.3, -0.25) is 4.79 Å². The fourth-order valence-electron chi connectivity index (χ4n) is 1.14. The van der Waals surface area contributed by atoms with Crippen LogP contribution < -0.4 is 0 Å². The Kier molecular flexibility index (Phi) is 4.03. The summed E-state index contributed by atoms with van der Waals surface area (Å²) in [7, 11) is 1.18. The Bertz CT molecular complexity index is 380. The van der Waals surface area contributed by atoms with E-state index in [-0.39, 0.29) is 17.9 Å². The standard InChI is InChI=1S/C10H9ClF2O2/c1-15-9(14)4-7-2-6(5-11)3-8(12)10(7)13/h2-3H,4-5H2,1H3. The van der Waals surface area contributed by atoms with E-state index >= 15 is 0 Å². The molecule has 2 nitrogen and oxygen atoms in total. The van der Waals surface area contributed by atoms with Gasteiger partial charge in [0.15, 0.2) is 11.6 Å². The average Bonchev–Trinajstić information content (AvgIpc) is 2.24. The number of benzene rings is 1. The lowest BCUT2D eigenvalue weighted by molar-refractivity contribution is -0.139. The molecule has 0 saturated carbocycles. The molecule has 0 heterocycles. The Hall–Kier alpha value is -1.16. The Morgan fingerprint density at radius 3 is 2.67 bits per heavy atom. The monoisotopic (exact) mass is 234 g/mol. The van der Waals surface area contributed by atoms with Crippen molar-refractivity contribution in [2.75, 3.05) is 7.11 Å². The molecule has 0 fully saturated rings. The van der Waals surface area contributed by atoms with Crippen LogP contribution in [0, 0.1) is 11.6 Å². The van der Waals surface area contributed by atoms with E-state index in [4.69, 9.17) is 11.6 Å². The second-order valence-electron chi connectivity index (χ2n) is 2.94. The van der Waals surface area contributed by atoms with Crippen LogP contribution in [0.5, 0.6) is 0 Å². The van der Waals surface area contributed by atoms with Gasteiger partial charge in [-0.05, 0) is 11.6 Å². The van der Waals surface area contributed by atoms with Crippen molar-refractivity contribution < 1.29 is 18.3 Å². The average molecular weight is 235 g/mol. The third-order valence-corrected chi connectivity index (χ3v) is 2.19. The molecule has 0 radical (unpaired) electrons. The Balaban J connectivity index is 3.05. The summed E-state index contributed by atoms with van der Waals surface area (Å²) in [5.74, 6) is -2.60. The molecule has 0 bridgehead atoms. The molecule has 0 spiro atoms. The molecule has 15 heavy (non-hydrogen) atoms. The number of halogens is 3. The number of carbonyl (C=O) groups is 1. The Labute approximate surface area is 90.8 Å². The molecule has 0 atom stereocenters. The number of alkyl halides is 1. The van der Waals surface area contributed by atoms with Gasteiger partial charge in [0.2, 0.25) is 0 Å². The summed E-state index contributed by atoms with van der Waals surface area (Å²) in [5, 5.41) is 0. The van der Waals surface area contributed by atoms with Crippen LogP contribution in [0.3, 0.4) is 0 Å². The third-order valence-electron chi connectivity index (χ3n) is 1.88. The fourth-order valence-corrected chi connectivity index (χ4v) is 1.30. The van der Waals surface area contributed by atoms with Gasteiger partial charge in [-0.2, -0.15) is 0 Å². The highest BCUT2D eigenvalue weighted by Gasteiger charge is 2.13. The van der Waals surface area contributed by atoms with E-state index in [2.05, 4.69) is 4.74 Å². The fraction of sp³-hybridized carbons (Fsp3) is 0.300. The van der Waals surface area contributed by atoms with Crippen LogP contribution >= 0.6 is 11.6 Å². The maximum absolute atomic E-state index is 13.2. The molecule has 0 aliphatic heterocycles. The van der Waals surface area contributed by atoms with Gasteiger partial charge in [-0.25, -0.2) is 8.78 Å². The summed E-state index contributed by atoms with van der Waals surface area (Å²) in [5.41, 5.74) is 0.381. The van der Waals surface area contributed by atoms with Crippen LogP contribution in [0.4, 0.5) is 8.78 Å². The van der Waals surface area contributed by atoms with Crippen molar-refractivity contribution >= 4 is 17.6 Å². The number of ether oxygens (including phenoxy) is 1. The summed E-state index contributed by atoms with van der Waals surface area (Å²) in [6, 6.07) is 2.35. The minimum absolute atomic E-state index is 0.0440. The third kappa shape index (κ3) is 2.89. The first-order valence-corrected chi connectivity index (χ1v) is 4.71. The summed E-state index contributed by atoms with van der Waals surface area (Å²) in [6.45, 7) is 0. The molecule has 0 aliphatic rings. The molecule has 0 N–H and O–H groups in total. The quantitative estimate of drug-likeness (QED) is 0.593. The van der Waals surface area contributed by atoms with Crippen molar-refractivity contribution in [2.24, 2.45) is 0 Å². The number of carbonyl (C=O) groups excluding carboxylic acids is 1. The minimum atomic E-state index is -1.03. The van der Waals surface area contributed by atoms with Gasteiger partial charge in [-0.15, -0.1) is 11.6 Å². The maximum Gasteiger partial charge on any atom is 0.310 e. The topological polar surface area (TPSA) is 26.3 Å². The number of methoxy groups -OCH3 is 1. The number of hydrogen-bond acceptors (Lipinski definition) is 2. The largest absolute Gasteiger partial charge is 0.469 e. The van der Waals surface area contributed by atoms with Crippen LogP contribution in [0.25, 0.3) is 0 Å². The lowest BCUT2D eigenvalue weighted by Gasteiger charge is -2.05. The summed E-state index contributed by atoms with van der Waals surface area (Å²) in [6.07, 6.45) is -0.302. The molecule has 5 heteroatoms. The first-order chi connectivity index (χ1) is 7.08. The zero-order valence-corrected chi connectivity index (χ0v) is 8.78. The van der Waals surface area contributed by atoms with Crippen molar-refractivity contribution in [2.45, 2.75) is 12.3 Å². The molecule has 1 rings (SSSR count). The van der Waals surface area contributed by atoms with E-state index in [1.807, 2.05) is 0 Å². The van der Waals surface area contributed by atoms with E-state index in [1.54, 1.807) is 0 Å². The lowest BCUT2D eigenvalue weighted by atomic mass is 10.1. The van der Waals surface area contributed by atoms with Gasteiger partial charge in [-0.1, -0.05) is 6.07 Å². The highest BCUT2D eigenvalue weighted by molar-refractivity contribution is 6.17.